The number of fused-ring (bicyclic) bond motifs is 1. The van der Waals surface area contributed by atoms with Crippen molar-refractivity contribution in [1.82, 2.24) is 24.7 Å². The molecule has 8 nitrogen and oxygen atoms in total. The van der Waals surface area contributed by atoms with E-state index in [-0.39, 0.29) is 35.5 Å². The van der Waals surface area contributed by atoms with E-state index in [9.17, 15) is 14.0 Å². The second-order valence-corrected chi connectivity index (χ2v) is 10.2. The van der Waals surface area contributed by atoms with Crippen LogP contribution in [0.3, 0.4) is 0 Å². The van der Waals surface area contributed by atoms with Crippen molar-refractivity contribution in [2.75, 3.05) is 46.4 Å². The van der Waals surface area contributed by atoms with Crippen LogP contribution in [0.2, 0.25) is 0 Å². The molecule has 0 radical (unpaired) electrons. The summed E-state index contributed by atoms with van der Waals surface area (Å²) in [5.74, 6) is 0.112. The van der Waals surface area contributed by atoms with Crippen molar-refractivity contribution >= 4 is 22.8 Å². The molecule has 2 aliphatic rings. The van der Waals surface area contributed by atoms with Gasteiger partial charge in [-0.05, 0) is 43.7 Å². The number of unbranched alkanes of at least 4 members (excludes halogenated alkanes) is 1. The Labute approximate surface area is 206 Å². The number of ether oxygens (including phenoxy) is 1. The summed E-state index contributed by atoms with van der Waals surface area (Å²) < 4.78 is 21.1. The molecule has 9 heteroatoms. The minimum Gasteiger partial charge on any atom is -0.385 e. The summed E-state index contributed by atoms with van der Waals surface area (Å²) in [5, 5.41) is 3.39. The number of hydrogen-bond donors (Lipinski definition) is 1. The Kier molecular flexibility index (Phi) is 8.38. The van der Waals surface area contributed by atoms with E-state index in [0.29, 0.717) is 50.5 Å². The van der Waals surface area contributed by atoms with Gasteiger partial charge in [-0.3, -0.25) is 9.59 Å². The van der Waals surface area contributed by atoms with Gasteiger partial charge in [0.1, 0.15) is 5.82 Å². The fourth-order valence-corrected chi connectivity index (χ4v) is 5.07. The van der Waals surface area contributed by atoms with Crippen LogP contribution in [-0.4, -0.2) is 83.6 Å². The lowest BCUT2D eigenvalue weighted by molar-refractivity contribution is -0.140. The van der Waals surface area contributed by atoms with Crippen LogP contribution < -0.4 is 5.32 Å². The molecule has 2 fully saturated rings. The van der Waals surface area contributed by atoms with Gasteiger partial charge in [-0.2, -0.15) is 0 Å². The Bertz CT molecular complexity index is 1040. The molecule has 2 amide bonds. The zero-order valence-corrected chi connectivity index (χ0v) is 21.1. The normalized spacial score (nSPS) is 20.3. The van der Waals surface area contributed by atoms with Crippen LogP contribution in [0, 0.1) is 17.7 Å². The van der Waals surface area contributed by atoms with Crippen LogP contribution in [0.4, 0.5) is 4.39 Å². The number of piperidine rings is 1. The highest BCUT2D eigenvalue weighted by Crippen LogP contribution is 2.25. The monoisotopic (exact) mass is 487 g/mol. The number of benzene rings is 1. The van der Waals surface area contributed by atoms with Crippen LogP contribution in [0.25, 0.3) is 11.0 Å². The molecule has 4 rings (SSSR count). The minimum absolute atomic E-state index is 0.104. The number of amides is 2. The highest BCUT2D eigenvalue weighted by Gasteiger charge is 2.37. The Hall–Kier alpha value is -2.52. The summed E-state index contributed by atoms with van der Waals surface area (Å²) in [6, 6.07) is 4.38. The smallest absolute Gasteiger partial charge is 0.290 e. The molecule has 0 aliphatic carbocycles. The first-order valence-electron chi connectivity index (χ1n) is 12.8. The molecule has 2 saturated heterocycles. The van der Waals surface area contributed by atoms with Gasteiger partial charge in [0.25, 0.3) is 5.91 Å². The third-order valence-corrected chi connectivity index (χ3v) is 6.99. The molecule has 1 aromatic carbocycles. The predicted molar refractivity (Wildman–Crippen MR) is 133 cm³/mol. The van der Waals surface area contributed by atoms with Crippen LogP contribution in [0.5, 0.6) is 0 Å². The van der Waals surface area contributed by atoms with E-state index in [2.05, 4.69) is 24.1 Å². The Balaban J connectivity index is 1.61. The van der Waals surface area contributed by atoms with E-state index in [0.717, 1.165) is 37.9 Å². The maximum Gasteiger partial charge on any atom is 0.290 e. The van der Waals surface area contributed by atoms with Crippen molar-refractivity contribution in [3.8, 4) is 0 Å². The second-order valence-electron chi connectivity index (χ2n) is 10.2. The molecule has 0 spiro atoms. The van der Waals surface area contributed by atoms with Gasteiger partial charge in [0, 0.05) is 65.1 Å². The average molecular weight is 488 g/mol. The standard InChI is InChI=1S/C26H38FN5O3/c1-18(2)17-32(21-13-19(15-28-16-21)25(33)30-9-6-10-30)26(34)24-29-22-14-20(27)7-8-23(22)31(24)11-4-5-12-35-3/h7-8,14,18-19,21,28H,4-6,9-13,15-17H2,1-3H3/t19?,21-/m0/s1. The summed E-state index contributed by atoms with van der Waals surface area (Å²) >= 11 is 0. The average Bonchev–Trinajstić information content (AvgIpc) is 3.16. The van der Waals surface area contributed by atoms with E-state index in [4.69, 9.17) is 4.74 Å². The van der Waals surface area contributed by atoms with Crippen LogP contribution in [0.15, 0.2) is 18.2 Å². The maximum atomic E-state index is 14.0. The highest BCUT2D eigenvalue weighted by atomic mass is 19.1. The largest absolute Gasteiger partial charge is 0.385 e. The van der Waals surface area contributed by atoms with Gasteiger partial charge in [0.2, 0.25) is 5.91 Å². The second kappa shape index (κ2) is 11.5. The highest BCUT2D eigenvalue weighted by molar-refractivity contribution is 5.95. The number of carbonyl (C=O) groups is 2. The fourth-order valence-electron chi connectivity index (χ4n) is 5.07. The van der Waals surface area contributed by atoms with Gasteiger partial charge < -0.3 is 24.4 Å². The molecule has 1 unspecified atom stereocenters. The minimum atomic E-state index is -0.372. The third-order valence-electron chi connectivity index (χ3n) is 6.99. The van der Waals surface area contributed by atoms with Gasteiger partial charge in [0.15, 0.2) is 5.82 Å². The molecule has 35 heavy (non-hydrogen) atoms. The van der Waals surface area contributed by atoms with Crippen LogP contribution >= 0.6 is 0 Å². The van der Waals surface area contributed by atoms with Crippen molar-refractivity contribution in [1.29, 1.82) is 0 Å². The first-order valence-corrected chi connectivity index (χ1v) is 12.8. The third kappa shape index (κ3) is 5.83. The van der Waals surface area contributed by atoms with E-state index in [1.165, 1.54) is 12.1 Å². The van der Waals surface area contributed by atoms with Crippen molar-refractivity contribution in [3.05, 3.63) is 29.8 Å². The summed E-state index contributed by atoms with van der Waals surface area (Å²) in [4.78, 5) is 35.3. The molecule has 2 aromatic rings. The maximum absolute atomic E-state index is 14.0. The van der Waals surface area contributed by atoms with Crippen molar-refractivity contribution in [3.63, 3.8) is 0 Å². The van der Waals surface area contributed by atoms with Gasteiger partial charge in [-0.1, -0.05) is 13.8 Å². The molecular formula is C26H38FN5O3. The molecule has 1 N–H and O–H groups in total. The molecule has 0 bridgehead atoms. The quantitative estimate of drug-likeness (QED) is 0.522. The zero-order valence-electron chi connectivity index (χ0n) is 21.1. The summed E-state index contributed by atoms with van der Waals surface area (Å²) in [5.41, 5.74) is 1.24. The summed E-state index contributed by atoms with van der Waals surface area (Å²) in [7, 11) is 1.67. The topological polar surface area (TPSA) is 79.7 Å². The van der Waals surface area contributed by atoms with Crippen molar-refractivity contribution in [2.45, 2.75) is 52.1 Å². The van der Waals surface area contributed by atoms with Crippen LogP contribution in [-0.2, 0) is 16.1 Å². The SMILES string of the molecule is COCCCCn1c(C(=O)N(CC(C)C)[C@@H]2CNCC(C(=O)N3CCC3)C2)nc2cc(F)ccc21. The summed E-state index contributed by atoms with van der Waals surface area (Å²) in [6.07, 6.45) is 3.38. The number of halogens is 1. The number of likely N-dealkylation sites (tertiary alicyclic amines) is 1. The molecule has 1 aromatic heterocycles. The molecule has 3 heterocycles. The number of rotatable bonds is 10. The number of carbonyl (C=O) groups excluding carboxylic acids is 2. The van der Waals surface area contributed by atoms with E-state index < -0.39 is 0 Å². The van der Waals surface area contributed by atoms with Crippen molar-refractivity contribution in [2.24, 2.45) is 11.8 Å². The first kappa shape index (κ1) is 25.6. The number of nitrogens with zero attached hydrogens (tertiary/aromatic N) is 4. The molecule has 192 valence electrons. The molecule has 0 saturated carbocycles. The Morgan fingerprint density at radius 1 is 1.26 bits per heavy atom. The number of aromatic nitrogens is 2. The molecule has 2 atom stereocenters. The lowest BCUT2D eigenvalue weighted by atomic mass is 9.92. The number of aryl methyl sites for hydroxylation is 1. The van der Waals surface area contributed by atoms with E-state index >= 15 is 0 Å². The zero-order chi connectivity index (χ0) is 24.9. The van der Waals surface area contributed by atoms with Gasteiger partial charge in [-0.15, -0.1) is 0 Å². The number of methoxy groups -OCH3 is 1. The lowest BCUT2D eigenvalue weighted by Crippen LogP contribution is -2.56. The number of hydrogen-bond acceptors (Lipinski definition) is 5. The number of imidazole rings is 1. The fraction of sp³-hybridized carbons (Fsp3) is 0.654. The molecular weight excluding hydrogens is 449 g/mol. The van der Waals surface area contributed by atoms with Gasteiger partial charge in [0.05, 0.1) is 17.0 Å². The Morgan fingerprint density at radius 3 is 2.74 bits per heavy atom. The van der Waals surface area contributed by atoms with E-state index in [1.807, 2.05) is 14.4 Å². The van der Waals surface area contributed by atoms with Gasteiger partial charge >= 0.3 is 0 Å². The Morgan fingerprint density at radius 2 is 2.06 bits per heavy atom. The van der Waals surface area contributed by atoms with Crippen LogP contribution in [0.1, 0.15) is 50.1 Å². The number of nitrogens with one attached hydrogen (secondary N) is 1. The lowest BCUT2D eigenvalue weighted by Gasteiger charge is -2.41. The van der Waals surface area contributed by atoms with Crippen molar-refractivity contribution < 1.29 is 18.7 Å². The van der Waals surface area contributed by atoms with E-state index in [1.54, 1.807) is 13.2 Å². The van der Waals surface area contributed by atoms with Gasteiger partial charge in [-0.25, -0.2) is 9.37 Å². The molecule has 2 aliphatic heterocycles. The predicted octanol–water partition coefficient (Wildman–Crippen LogP) is 2.91. The summed E-state index contributed by atoms with van der Waals surface area (Å²) in [6.45, 7) is 8.93. The first-order chi connectivity index (χ1) is 16.9.